The molecule has 1 aliphatic heterocycles. The summed E-state index contributed by atoms with van der Waals surface area (Å²) in [4.78, 5) is 2.55. The summed E-state index contributed by atoms with van der Waals surface area (Å²) in [5, 5.41) is 4.59. The molecule has 0 unspecified atom stereocenters. The molecule has 0 saturated carbocycles. The Labute approximate surface area is 207 Å². The predicted molar refractivity (Wildman–Crippen MR) is 127 cm³/mol. The molecule has 0 aliphatic carbocycles. The van der Waals surface area contributed by atoms with E-state index in [0.717, 1.165) is 17.0 Å². The molecule has 2 N–H and O–H groups in total. The number of nitrogens with two attached hydrogens (primary N) is 1. The number of thioether (sulfide) groups is 1. The molecule has 0 bridgehead atoms. The molecule has 0 radical (unpaired) electrons. The number of morpholine rings is 1. The minimum atomic E-state index is -5.87. The van der Waals surface area contributed by atoms with Crippen LogP contribution in [0.3, 0.4) is 0 Å². The predicted octanol–water partition coefficient (Wildman–Crippen LogP) is 2.90. The first-order valence-corrected chi connectivity index (χ1v) is 14.4. The van der Waals surface area contributed by atoms with E-state index in [1.165, 1.54) is 23.7 Å². The van der Waals surface area contributed by atoms with Gasteiger partial charge in [-0.15, -0.1) is 11.8 Å². The van der Waals surface area contributed by atoms with Crippen molar-refractivity contribution in [2.24, 2.45) is 5.14 Å². The van der Waals surface area contributed by atoms with Gasteiger partial charge in [-0.1, -0.05) is 18.2 Å². The fraction of sp³-hybridized carbons (Fsp3) is 0.429. The lowest BCUT2D eigenvalue weighted by atomic mass is 10.2. The molecule has 2 aromatic rings. The normalized spacial score (nSPS) is 16.7. The number of hydrogen-bond donors (Lipinski definition) is 1. The highest BCUT2D eigenvalue weighted by atomic mass is 32.2. The van der Waals surface area contributed by atoms with Crippen LogP contribution < -0.4 is 10.0 Å². The third-order valence-corrected chi connectivity index (χ3v) is 9.27. The van der Waals surface area contributed by atoms with Gasteiger partial charge in [-0.25, -0.2) is 22.0 Å². The fourth-order valence-electron chi connectivity index (χ4n) is 3.56. The number of sulfonamides is 1. The molecule has 1 atom stereocenters. The highest BCUT2D eigenvalue weighted by Crippen LogP contribution is 2.39. The molecule has 14 heteroatoms. The van der Waals surface area contributed by atoms with Gasteiger partial charge in [-0.3, -0.25) is 4.90 Å². The SMILES string of the molecule is CN(c1ccc(S(N)(=O)=O)cc1S(=O)(=O)C(F)(F)F)[C@@H](CCN1CCOCC1)Sc1ccccc1. The van der Waals surface area contributed by atoms with Crippen molar-refractivity contribution in [1.82, 2.24) is 4.90 Å². The van der Waals surface area contributed by atoms with Crippen molar-refractivity contribution in [3.8, 4) is 0 Å². The summed E-state index contributed by atoms with van der Waals surface area (Å²) in [6.45, 7) is 3.19. The molecule has 1 saturated heterocycles. The Hall–Kier alpha value is -1.84. The van der Waals surface area contributed by atoms with Gasteiger partial charge in [0.25, 0.3) is 9.84 Å². The fourth-order valence-corrected chi connectivity index (χ4v) is 6.32. The first-order valence-electron chi connectivity index (χ1n) is 10.5. The van der Waals surface area contributed by atoms with E-state index in [4.69, 9.17) is 9.88 Å². The van der Waals surface area contributed by atoms with Crippen LogP contribution in [0.15, 0.2) is 63.2 Å². The van der Waals surface area contributed by atoms with E-state index >= 15 is 0 Å². The first-order chi connectivity index (χ1) is 16.3. The number of benzene rings is 2. The van der Waals surface area contributed by atoms with Crippen LogP contribution in [0.4, 0.5) is 18.9 Å². The number of primary sulfonamides is 1. The van der Waals surface area contributed by atoms with Crippen molar-refractivity contribution in [3.05, 3.63) is 48.5 Å². The van der Waals surface area contributed by atoms with Gasteiger partial charge in [-0.05, 0) is 36.8 Å². The van der Waals surface area contributed by atoms with Gasteiger partial charge in [0, 0.05) is 31.6 Å². The highest BCUT2D eigenvalue weighted by Gasteiger charge is 2.49. The molecule has 1 fully saturated rings. The summed E-state index contributed by atoms with van der Waals surface area (Å²) in [6.07, 6.45) is 0.485. The molecule has 2 aromatic carbocycles. The Morgan fingerprint density at radius 3 is 2.29 bits per heavy atom. The molecule has 0 aromatic heterocycles. The Morgan fingerprint density at radius 2 is 1.71 bits per heavy atom. The average Bonchev–Trinajstić information content (AvgIpc) is 2.81. The quantitative estimate of drug-likeness (QED) is 0.373. The molecule has 8 nitrogen and oxygen atoms in total. The van der Waals surface area contributed by atoms with E-state index in [9.17, 15) is 30.0 Å². The zero-order chi connectivity index (χ0) is 25.9. The zero-order valence-corrected chi connectivity index (χ0v) is 21.3. The number of halogens is 3. The zero-order valence-electron chi connectivity index (χ0n) is 18.8. The highest BCUT2D eigenvalue weighted by molar-refractivity contribution is 8.00. The van der Waals surface area contributed by atoms with Crippen LogP contribution >= 0.6 is 11.8 Å². The number of hydrogen-bond acceptors (Lipinski definition) is 8. The largest absolute Gasteiger partial charge is 0.501 e. The Balaban J connectivity index is 2.03. The van der Waals surface area contributed by atoms with Crippen LogP contribution in [0.5, 0.6) is 0 Å². The lowest BCUT2D eigenvalue weighted by molar-refractivity contribution is -0.0435. The summed E-state index contributed by atoms with van der Waals surface area (Å²) in [5.41, 5.74) is -5.90. The van der Waals surface area contributed by atoms with Gasteiger partial charge in [-0.2, -0.15) is 13.2 Å². The van der Waals surface area contributed by atoms with Crippen molar-refractivity contribution in [2.45, 2.75) is 32.0 Å². The molecule has 35 heavy (non-hydrogen) atoms. The monoisotopic (exact) mass is 553 g/mol. The molecular formula is C21H26F3N3O5S3. The summed E-state index contributed by atoms with van der Waals surface area (Å²) >= 11 is 1.37. The van der Waals surface area contributed by atoms with Gasteiger partial charge in [0.15, 0.2) is 0 Å². The van der Waals surface area contributed by atoms with E-state index < -0.39 is 40.5 Å². The van der Waals surface area contributed by atoms with Crippen molar-refractivity contribution in [3.63, 3.8) is 0 Å². The number of anilines is 1. The molecule has 3 rings (SSSR count). The smallest absolute Gasteiger partial charge is 0.379 e. The molecule has 194 valence electrons. The van der Waals surface area contributed by atoms with Crippen LogP contribution in [0.2, 0.25) is 0 Å². The maximum atomic E-state index is 13.5. The van der Waals surface area contributed by atoms with Gasteiger partial charge in [0.2, 0.25) is 10.0 Å². The lowest BCUT2D eigenvalue weighted by Crippen LogP contribution is -2.40. The van der Waals surface area contributed by atoms with Crippen molar-refractivity contribution in [1.29, 1.82) is 0 Å². The minimum Gasteiger partial charge on any atom is -0.379 e. The van der Waals surface area contributed by atoms with Crippen LogP contribution in [0.25, 0.3) is 0 Å². The van der Waals surface area contributed by atoms with E-state index in [0.29, 0.717) is 45.3 Å². The second kappa shape index (κ2) is 11.0. The van der Waals surface area contributed by atoms with E-state index in [2.05, 4.69) is 4.90 Å². The maximum Gasteiger partial charge on any atom is 0.501 e. The van der Waals surface area contributed by atoms with E-state index in [1.807, 2.05) is 30.3 Å². The van der Waals surface area contributed by atoms with Gasteiger partial charge >= 0.3 is 5.51 Å². The van der Waals surface area contributed by atoms with E-state index in [1.54, 1.807) is 0 Å². The Kier molecular flexibility index (Phi) is 8.76. The summed E-state index contributed by atoms with van der Waals surface area (Å²) in [5.74, 6) is 0. The molecule has 1 heterocycles. The maximum absolute atomic E-state index is 13.5. The van der Waals surface area contributed by atoms with Crippen LogP contribution in [0.1, 0.15) is 6.42 Å². The number of rotatable bonds is 9. The van der Waals surface area contributed by atoms with Crippen molar-refractivity contribution < 1.29 is 34.7 Å². The van der Waals surface area contributed by atoms with Gasteiger partial charge in [0.1, 0.15) is 4.90 Å². The molecule has 0 amide bonds. The van der Waals surface area contributed by atoms with Crippen LogP contribution in [-0.2, 0) is 24.6 Å². The lowest BCUT2D eigenvalue weighted by Gasteiger charge is -2.34. The molecule has 0 spiro atoms. The number of ether oxygens (including phenoxy) is 1. The molecule has 1 aliphatic rings. The van der Waals surface area contributed by atoms with Crippen LogP contribution in [0, 0.1) is 0 Å². The molecular weight excluding hydrogens is 527 g/mol. The van der Waals surface area contributed by atoms with Gasteiger partial charge in [0.05, 0.1) is 29.2 Å². The second-order valence-electron chi connectivity index (χ2n) is 7.86. The third kappa shape index (κ3) is 6.89. The average molecular weight is 554 g/mol. The van der Waals surface area contributed by atoms with Crippen molar-refractivity contribution >= 4 is 37.3 Å². The summed E-state index contributed by atoms with van der Waals surface area (Å²) in [6, 6.07) is 11.7. The topological polar surface area (TPSA) is 110 Å². The summed E-state index contributed by atoms with van der Waals surface area (Å²) in [7, 11) is -8.83. The Bertz CT molecular complexity index is 1220. The second-order valence-corrected chi connectivity index (χ2v) is 12.6. The summed E-state index contributed by atoms with van der Waals surface area (Å²) < 4.78 is 94.3. The number of alkyl halides is 3. The number of sulfone groups is 1. The van der Waals surface area contributed by atoms with Crippen LogP contribution in [-0.4, -0.2) is 72.5 Å². The van der Waals surface area contributed by atoms with E-state index in [-0.39, 0.29) is 5.69 Å². The van der Waals surface area contributed by atoms with Gasteiger partial charge < -0.3 is 9.64 Å². The standard InChI is InChI=1S/C21H26F3N3O5S3/c1-26(18-8-7-17(35(25,30)31)15-19(18)34(28,29)21(22,23)24)20(33-16-5-3-2-4-6-16)9-10-27-11-13-32-14-12-27/h2-8,15,20H,9-14H2,1H3,(H2,25,30,31)/t20-/m1/s1. The number of nitrogens with zero attached hydrogens (tertiary/aromatic N) is 2. The minimum absolute atomic E-state index is 0.273. The first kappa shape index (κ1) is 27.7. The Morgan fingerprint density at radius 1 is 1.09 bits per heavy atom. The third-order valence-electron chi connectivity index (χ3n) is 5.48. The van der Waals surface area contributed by atoms with Crippen molar-refractivity contribution in [2.75, 3.05) is 44.8 Å².